The van der Waals surface area contributed by atoms with Gasteiger partial charge in [-0.2, -0.15) is 0 Å². The summed E-state index contributed by atoms with van der Waals surface area (Å²) in [5.41, 5.74) is 4.69. The zero-order chi connectivity index (χ0) is 14.8. The first-order chi connectivity index (χ1) is 10.9. The Morgan fingerprint density at radius 2 is 1.77 bits per heavy atom. The molecule has 0 aliphatic carbocycles. The molecule has 0 N–H and O–H groups in total. The Labute approximate surface area is 127 Å². The van der Waals surface area contributed by atoms with E-state index in [1.807, 2.05) is 42.6 Å². The molecule has 4 aromatic heterocycles. The second kappa shape index (κ2) is 5.33. The van der Waals surface area contributed by atoms with Crippen LogP contribution in [0.2, 0.25) is 0 Å². The van der Waals surface area contributed by atoms with Crippen LogP contribution >= 0.6 is 0 Å². The van der Waals surface area contributed by atoms with E-state index in [-0.39, 0.29) is 0 Å². The zero-order valence-corrected chi connectivity index (χ0v) is 11.6. The number of hydrogen-bond acceptors (Lipinski definition) is 4. The first-order valence-corrected chi connectivity index (χ1v) is 6.89. The van der Waals surface area contributed by atoms with Gasteiger partial charge in [-0.05, 0) is 24.3 Å². The molecule has 22 heavy (non-hydrogen) atoms. The summed E-state index contributed by atoms with van der Waals surface area (Å²) in [5.74, 6) is 0.723. The third-order valence-electron chi connectivity index (χ3n) is 3.49. The van der Waals surface area contributed by atoms with Gasteiger partial charge < -0.3 is 8.83 Å². The normalized spacial score (nSPS) is 10.7. The van der Waals surface area contributed by atoms with Gasteiger partial charge >= 0.3 is 0 Å². The van der Waals surface area contributed by atoms with Crippen molar-refractivity contribution in [3.63, 3.8) is 0 Å². The zero-order valence-electron chi connectivity index (χ0n) is 11.6. The Bertz CT molecular complexity index is 880. The van der Waals surface area contributed by atoms with Crippen molar-refractivity contribution in [1.82, 2.24) is 9.97 Å². The Morgan fingerprint density at radius 1 is 0.818 bits per heavy atom. The first-order valence-electron chi connectivity index (χ1n) is 6.89. The molecule has 0 atom stereocenters. The van der Waals surface area contributed by atoms with Gasteiger partial charge in [0.2, 0.25) is 0 Å². The van der Waals surface area contributed by atoms with E-state index < -0.39 is 0 Å². The van der Waals surface area contributed by atoms with Crippen LogP contribution in [0.25, 0.3) is 33.7 Å². The van der Waals surface area contributed by atoms with Crippen LogP contribution in [0.5, 0.6) is 0 Å². The lowest BCUT2D eigenvalue weighted by Gasteiger charge is -2.07. The minimum absolute atomic E-state index is 0.723. The van der Waals surface area contributed by atoms with Crippen molar-refractivity contribution in [2.75, 3.05) is 0 Å². The summed E-state index contributed by atoms with van der Waals surface area (Å²) >= 11 is 0. The summed E-state index contributed by atoms with van der Waals surface area (Å²) in [6.45, 7) is 0. The molecule has 0 unspecified atom stereocenters. The molecule has 0 aromatic carbocycles. The highest BCUT2D eigenvalue weighted by atomic mass is 16.3. The van der Waals surface area contributed by atoms with Crippen LogP contribution in [-0.2, 0) is 0 Å². The highest BCUT2D eigenvalue weighted by Crippen LogP contribution is 2.37. The van der Waals surface area contributed by atoms with Crippen LogP contribution in [0.1, 0.15) is 0 Å². The molecule has 0 fully saturated rings. The summed E-state index contributed by atoms with van der Waals surface area (Å²) in [4.78, 5) is 8.70. The number of nitrogens with zero attached hydrogens (tertiary/aromatic N) is 2. The molecule has 4 heterocycles. The van der Waals surface area contributed by atoms with E-state index in [0.717, 1.165) is 33.7 Å². The molecular weight excluding hydrogens is 276 g/mol. The fraction of sp³-hybridized carbons (Fsp3) is 0. The third-order valence-corrected chi connectivity index (χ3v) is 3.49. The van der Waals surface area contributed by atoms with Crippen molar-refractivity contribution in [3.05, 3.63) is 73.8 Å². The van der Waals surface area contributed by atoms with Crippen molar-refractivity contribution in [2.24, 2.45) is 0 Å². The van der Waals surface area contributed by atoms with Gasteiger partial charge in [-0.3, -0.25) is 9.97 Å². The minimum Gasteiger partial charge on any atom is -0.472 e. The second-order valence-electron chi connectivity index (χ2n) is 4.82. The van der Waals surface area contributed by atoms with Crippen molar-refractivity contribution < 1.29 is 8.83 Å². The smallest absolute Gasteiger partial charge is 0.160 e. The Kier molecular flexibility index (Phi) is 3.05. The number of furan rings is 2. The molecule has 106 valence electrons. The summed E-state index contributed by atoms with van der Waals surface area (Å²) < 4.78 is 10.9. The van der Waals surface area contributed by atoms with Gasteiger partial charge in [0.25, 0.3) is 0 Å². The van der Waals surface area contributed by atoms with Crippen molar-refractivity contribution >= 4 is 0 Å². The highest BCUT2D eigenvalue weighted by molar-refractivity contribution is 5.86. The number of rotatable bonds is 3. The van der Waals surface area contributed by atoms with Crippen LogP contribution in [-0.4, -0.2) is 9.97 Å². The third kappa shape index (κ3) is 2.11. The van der Waals surface area contributed by atoms with E-state index in [0.29, 0.717) is 0 Å². The Hall–Kier alpha value is -3.14. The first kappa shape index (κ1) is 12.6. The average Bonchev–Trinajstić information content (AvgIpc) is 3.26. The summed E-state index contributed by atoms with van der Waals surface area (Å²) in [6, 6.07) is 11.7. The largest absolute Gasteiger partial charge is 0.472 e. The molecule has 0 aliphatic heterocycles. The van der Waals surface area contributed by atoms with Gasteiger partial charge in [0.1, 0.15) is 5.69 Å². The SMILES string of the molecule is c1cncc(-c2cccnc2-c2occc2-c2ccoc2)c1. The molecule has 4 heteroatoms. The van der Waals surface area contributed by atoms with Crippen LogP contribution in [0, 0.1) is 0 Å². The quantitative estimate of drug-likeness (QED) is 0.550. The molecule has 0 saturated carbocycles. The fourth-order valence-electron chi connectivity index (χ4n) is 2.48. The van der Waals surface area contributed by atoms with Gasteiger partial charge in [-0.25, -0.2) is 0 Å². The fourth-order valence-corrected chi connectivity index (χ4v) is 2.48. The number of aromatic nitrogens is 2. The lowest BCUT2D eigenvalue weighted by molar-refractivity contribution is 0.567. The summed E-state index contributed by atoms with van der Waals surface area (Å²) in [6.07, 6.45) is 10.3. The molecule has 0 saturated heterocycles. The lowest BCUT2D eigenvalue weighted by atomic mass is 10.0. The average molecular weight is 288 g/mol. The van der Waals surface area contributed by atoms with E-state index in [4.69, 9.17) is 8.83 Å². The molecule has 0 aliphatic rings. The molecule has 4 rings (SSSR count). The predicted octanol–water partition coefficient (Wildman–Crippen LogP) is 4.66. The highest BCUT2D eigenvalue weighted by Gasteiger charge is 2.17. The monoisotopic (exact) mass is 288 g/mol. The van der Waals surface area contributed by atoms with Gasteiger partial charge in [0, 0.05) is 40.8 Å². The van der Waals surface area contributed by atoms with Crippen molar-refractivity contribution in [2.45, 2.75) is 0 Å². The molecule has 0 radical (unpaired) electrons. The van der Waals surface area contributed by atoms with Gasteiger partial charge in [0.05, 0.1) is 18.8 Å². The maximum atomic E-state index is 5.71. The van der Waals surface area contributed by atoms with Gasteiger partial charge in [-0.15, -0.1) is 0 Å². The molecule has 4 aromatic rings. The predicted molar refractivity (Wildman–Crippen MR) is 82.9 cm³/mol. The van der Waals surface area contributed by atoms with Crippen LogP contribution in [0.15, 0.2) is 82.6 Å². The standard InChI is InChI=1S/C18H12N2O2/c1-3-13(11-19-7-1)15-4-2-8-20-17(15)18-16(6-10-22-18)14-5-9-21-12-14/h1-12H. The van der Waals surface area contributed by atoms with E-state index in [1.54, 1.807) is 31.2 Å². The molecule has 4 nitrogen and oxygen atoms in total. The van der Waals surface area contributed by atoms with E-state index in [2.05, 4.69) is 9.97 Å². The molecule has 0 amide bonds. The van der Waals surface area contributed by atoms with E-state index >= 15 is 0 Å². The van der Waals surface area contributed by atoms with Crippen molar-refractivity contribution in [1.29, 1.82) is 0 Å². The maximum Gasteiger partial charge on any atom is 0.160 e. The van der Waals surface area contributed by atoms with Gasteiger partial charge in [0.15, 0.2) is 5.76 Å². The molecule has 0 spiro atoms. The van der Waals surface area contributed by atoms with E-state index in [1.165, 1.54) is 0 Å². The van der Waals surface area contributed by atoms with Crippen LogP contribution < -0.4 is 0 Å². The van der Waals surface area contributed by atoms with Gasteiger partial charge in [-0.1, -0.05) is 12.1 Å². The second-order valence-corrected chi connectivity index (χ2v) is 4.82. The summed E-state index contributed by atoms with van der Waals surface area (Å²) in [7, 11) is 0. The van der Waals surface area contributed by atoms with E-state index in [9.17, 15) is 0 Å². The molecule has 0 bridgehead atoms. The minimum atomic E-state index is 0.723. The Balaban J connectivity index is 1.91. The van der Waals surface area contributed by atoms with Crippen LogP contribution in [0.3, 0.4) is 0 Å². The lowest BCUT2D eigenvalue weighted by Crippen LogP contribution is -1.89. The number of pyridine rings is 2. The summed E-state index contributed by atoms with van der Waals surface area (Å²) in [5, 5.41) is 0. The topological polar surface area (TPSA) is 52.1 Å². The maximum absolute atomic E-state index is 5.71. The molecular formula is C18H12N2O2. The van der Waals surface area contributed by atoms with Crippen LogP contribution in [0.4, 0.5) is 0 Å². The number of hydrogen-bond donors (Lipinski definition) is 0. The Morgan fingerprint density at radius 3 is 2.59 bits per heavy atom. The van der Waals surface area contributed by atoms with Crippen molar-refractivity contribution in [3.8, 4) is 33.7 Å².